The minimum absolute atomic E-state index is 0. The number of rotatable bonds is 0. The zero-order chi connectivity index (χ0) is 10.0. The van der Waals surface area contributed by atoms with Gasteiger partial charge < -0.3 is 20.2 Å². The third-order valence-electron chi connectivity index (χ3n) is 1.68. The maximum atomic E-state index is 11.0. The number of hydrogen-bond donors (Lipinski definition) is 2. The molecule has 2 rings (SSSR count). The van der Waals surface area contributed by atoms with Crippen molar-refractivity contribution in [1.29, 1.82) is 0 Å². The van der Waals surface area contributed by atoms with Crippen LogP contribution in [0.5, 0.6) is 0 Å². The fourth-order valence-electron chi connectivity index (χ4n) is 1.18. The second-order valence-corrected chi connectivity index (χ2v) is 2.41. The molecule has 0 atom stereocenters. The molecule has 0 aromatic carbocycles. The predicted molar refractivity (Wildman–Crippen MR) is 53.8 cm³/mol. The van der Waals surface area contributed by atoms with Gasteiger partial charge in [0.25, 0.3) is 0 Å². The van der Waals surface area contributed by atoms with Gasteiger partial charge >= 0.3 is 0 Å². The molecule has 2 aliphatic heterocycles. The number of carbonyl (C=O) groups excluding carboxylic acids is 2. The molecule has 0 unspecified atom stereocenters. The van der Waals surface area contributed by atoms with Crippen molar-refractivity contribution in [3.05, 3.63) is 23.0 Å². The van der Waals surface area contributed by atoms with Crippen molar-refractivity contribution in [3.63, 3.8) is 0 Å². The van der Waals surface area contributed by atoms with Gasteiger partial charge in [-0.05, 0) is 12.6 Å². The molecule has 0 bridgehead atoms. The largest absolute Gasteiger partial charge is 0.414 e. The third kappa shape index (κ3) is 2.99. The Balaban J connectivity index is 0. The average Bonchev–Trinajstić information content (AvgIpc) is 2.61. The first-order valence-corrected chi connectivity index (χ1v) is 4.16. The number of hydrogen-bond acceptors (Lipinski definition) is 2. The van der Waals surface area contributed by atoms with Gasteiger partial charge in [0.15, 0.2) is 5.91 Å². The summed E-state index contributed by atoms with van der Waals surface area (Å²) in [5.74, 6) is -0.508. The summed E-state index contributed by atoms with van der Waals surface area (Å²) in [6.07, 6.45) is 2.50. The topological polar surface area (TPSA) is 58.2 Å². The van der Waals surface area contributed by atoms with Crippen LogP contribution in [0.15, 0.2) is 16.8 Å². The van der Waals surface area contributed by atoms with Crippen molar-refractivity contribution in [2.24, 2.45) is 0 Å². The summed E-state index contributed by atoms with van der Waals surface area (Å²) >= 11 is 0. The molecule has 2 amide bonds. The molecule has 81 valence electrons. The second-order valence-electron chi connectivity index (χ2n) is 2.41. The molecular weight excluding hydrogens is 269 g/mol. The molecule has 0 spiro atoms. The van der Waals surface area contributed by atoms with Crippen LogP contribution >= 0.6 is 0 Å². The minimum atomic E-state index is -0.254. The zero-order valence-corrected chi connectivity index (χ0v) is 11.2. The SMILES string of the molecule is C.CC.CC1=C2C(=O)N[C-]=C2C(=O)N1.[Y]. The zero-order valence-electron chi connectivity index (χ0n) is 8.39. The van der Waals surface area contributed by atoms with Gasteiger partial charge in [-0.1, -0.05) is 38.6 Å². The van der Waals surface area contributed by atoms with E-state index in [4.69, 9.17) is 0 Å². The Hall–Kier alpha value is -0.476. The maximum absolute atomic E-state index is 11.0. The number of allylic oxidation sites excluding steroid dienone is 1. The molecule has 4 nitrogen and oxygen atoms in total. The molecule has 0 aromatic rings. The Morgan fingerprint density at radius 2 is 1.67 bits per heavy atom. The summed E-state index contributed by atoms with van der Waals surface area (Å²) in [5, 5.41) is 4.87. The van der Waals surface area contributed by atoms with Crippen LogP contribution in [-0.2, 0) is 42.3 Å². The molecule has 2 N–H and O–H groups in total. The first kappa shape index (κ1) is 16.9. The van der Waals surface area contributed by atoms with Gasteiger partial charge in [0.05, 0.1) is 0 Å². The summed E-state index contributed by atoms with van der Waals surface area (Å²) in [5.41, 5.74) is 1.36. The number of fused-ring (bicyclic) bond motifs is 1. The van der Waals surface area contributed by atoms with Gasteiger partial charge in [-0.15, -0.1) is 0 Å². The van der Waals surface area contributed by atoms with E-state index in [1.165, 1.54) is 0 Å². The average molecular weight is 284 g/mol. The van der Waals surface area contributed by atoms with Crippen molar-refractivity contribution in [3.8, 4) is 0 Å². The number of nitrogens with one attached hydrogen (secondary N) is 2. The summed E-state index contributed by atoms with van der Waals surface area (Å²) in [7, 11) is 0. The van der Waals surface area contributed by atoms with E-state index < -0.39 is 0 Å². The van der Waals surface area contributed by atoms with Crippen molar-refractivity contribution >= 4 is 11.8 Å². The molecule has 5 heteroatoms. The van der Waals surface area contributed by atoms with Crippen molar-refractivity contribution in [2.75, 3.05) is 0 Å². The summed E-state index contributed by atoms with van der Waals surface area (Å²) in [4.78, 5) is 21.9. The Bertz CT molecular complexity index is 332. The van der Waals surface area contributed by atoms with Gasteiger partial charge in [0.2, 0.25) is 0 Å². The van der Waals surface area contributed by atoms with Crippen LogP contribution in [0.3, 0.4) is 0 Å². The third-order valence-corrected chi connectivity index (χ3v) is 1.68. The van der Waals surface area contributed by atoms with Crippen molar-refractivity contribution < 1.29 is 42.3 Å². The fraction of sp³-hybridized carbons (Fsp3) is 0.400. The molecule has 1 radical (unpaired) electrons. The van der Waals surface area contributed by atoms with E-state index in [1.54, 1.807) is 6.92 Å². The van der Waals surface area contributed by atoms with Crippen LogP contribution in [0.4, 0.5) is 0 Å². The molecule has 0 fully saturated rings. The molecular formula is C10H15N2O2Y-. The smallest absolute Gasteiger partial charge is 0.170 e. The van der Waals surface area contributed by atoms with Crippen LogP contribution in [0.25, 0.3) is 0 Å². The Labute approximate surface area is 115 Å². The van der Waals surface area contributed by atoms with E-state index in [0.717, 1.165) is 0 Å². The van der Waals surface area contributed by atoms with Crippen LogP contribution in [0.1, 0.15) is 28.2 Å². The minimum Gasteiger partial charge on any atom is -0.414 e. The second kappa shape index (κ2) is 6.91. The molecule has 0 aromatic heterocycles. The molecule has 2 heterocycles. The Morgan fingerprint density at radius 3 is 2.13 bits per heavy atom. The first-order valence-electron chi connectivity index (χ1n) is 4.16. The molecule has 2 aliphatic rings. The monoisotopic (exact) mass is 284 g/mol. The van der Waals surface area contributed by atoms with Crippen molar-refractivity contribution in [2.45, 2.75) is 28.2 Å². The van der Waals surface area contributed by atoms with E-state index in [9.17, 15) is 9.59 Å². The van der Waals surface area contributed by atoms with E-state index >= 15 is 0 Å². The van der Waals surface area contributed by atoms with E-state index in [0.29, 0.717) is 16.8 Å². The van der Waals surface area contributed by atoms with Gasteiger partial charge in [0, 0.05) is 32.7 Å². The van der Waals surface area contributed by atoms with Gasteiger partial charge in [-0.25, -0.2) is 0 Å². The van der Waals surface area contributed by atoms with Gasteiger partial charge in [0.1, 0.15) is 5.91 Å². The summed E-state index contributed by atoms with van der Waals surface area (Å²) < 4.78 is 0. The van der Waals surface area contributed by atoms with E-state index in [-0.39, 0.29) is 52.0 Å². The summed E-state index contributed by atoms with van der Waals surface area (Å²) in [6.45, 7) is 5.69. The molecule has 15 heavy (non-hydrogen) atoms. The predicted octanol–water partition coefficient (Wildman–Crippen LogP) is 0.867. The normalized spacial score (nSPS) is 16.1. The number of amides is 2. The fourth-order valence-corrected chi connectivity index (χ4v) is 1.18. The number of carbonyl (C=O) groups is 2. The molecule has 0 saturated heterocycles. The quantitative estimate of drug-likeness (QED) is 0.648. The van der Waals surface area contributed by atoms with Crippen LogP contribution in [-0.4, -0.2) is 11.8 Å². The van der Waals surface area contributed by atoms with Crippen molar-refractivity contribution in [1.82, 2.24) is 10.6 Å². The molecule has 0 saturated carbocycles. The Kier molecular flexibility index (Phi) is 7.80. The van der Waals surface area contributed by atoms with Crippen LogP contribution in [0.2, 0.25) is 0 Å². The standard InChI is InChI=1S/C7H5N2O2.C2H6.CH4.Y/c1-3-5-4(6(10)9-3)2-8-7(5)11;1-2;;/h1H3,(H,8,11)(H,9,10);1-2H3;1H4;/q-1;;;. The van der Waals surface area contributed by atoms with Crippen LogP contribution < -0.4 is 10.6 Å². The summed E-state index contributed by atoms with van der Waals surface area (Å²) in [6, 6.07) is 0. The van der Waals surface area contributed by atoms with Crippen LogP contribution in [0, 0.1) is 6.20 Å². The van der Waals surface area contributed by atoms with Gasteiger partial charge in [-0.3, -0.25) is 0 Å². The van der Waals surface area contributed by atoms with E-state index in [1.807, 2.05) is 13.8 Å². The molecule has 0 aliphatic carbocycles. The van der Waals surface area contributed by atoms with E-state index in [2.05, 4.69) is 16.8 Å². The maximum Gasteiger partial charge on any atom is 0.170 e. The Morgan fingerprint density at radius 1 is 1.13 bits per heavy atom. The van der Waals surface area contributed by atoms with Gasteiger partial charge in [-0.2, -0.15) is 0 Å². The first-order chi connectivity index (χ1) is 6.20.